The maximum absolute atomic E-state index is 11.4. The molecule has 1 amide bonds. The summed E-state index contributed by atoms with van der Waals surface area (Å²) < 4.78 is 0. The largest absolute Gasteiger partial charge is 0.345 e. The van der Waals surface area contributed by atoms with Gasteiger partial charge in [0.05, 0.1) is 6.42 Å². The maximum Gasteiger partial charge on any atom is 0.231 e. The minimum atomic E-state index is 0.0497. The van der Waals surface area contributed by atoms with Crippen LogP contribution in [0, 0.1) is 6.42 Å². The van der Waals surface area contributed by atoms with E-state index in [4.69, 9.17) is 0 Å². The van der Waals surface area contributed by atoms with Crippen LogP contribution in [0.15, 0.2) is 30.3 Å². The molecule has 0 spiro atoms. The highest BCUT2D eigenvalue weighted by molar-refractivity contribution is 5.88. The lowest BCUT2D eigenvalue weighted by atomic mass is 10.1. The predicted molar refractivity (Wildman–Crippen MR) is 53.2 cm³/mol. The van der Waals surface area contributed by atoms with Crippen LogP contribution in [0.3, 0.4) is 0 Å². The number of hydrogen-bond acceptors (Lipinski definition) is 1. The summed E-state index contributed by atoms with van der Waals surface area (Å²) in [7, 11) is 1.79. The summed E-state index contributed by atoms with van der Waals surface area (Å²) in [6.45, 7) is 2.69. The van der Waals surface area contributed by atoms with Crippen LogP contribution in [0.2, 0.25) is 0 Å². The molecular formula is C11H14NO. The van der Waals surface area contributed by atoms with Crippen molar-refractivity contribution in [3.8, 4) is 0 Å². The van der Waals surface area contributed by atoms with Crippen molar-refractivity contribution in [2.75, 3.05) is 13.6 Å². The maximum atomic E-state index is 11.4. The minimum absolute atomic E-state index is 0.0497. The summed E-state index contributed by atoms with van der Waals surface area (Å²) in [5, 5.41) is 0. The fourth-order valence-corrected chi connectivity index (χ4v) is 0.958. The Hall–Kier alpha value is -1.31. The molecule has 1 aromatic carbocycles. The van der Waals surface area contributed by atoms with Gasteiger partial charge in [-0.2, -0.15) is 0 Å². The normalized spacial score (nSPS) is 9.69. The Kier molecular flexibility index (Phi) is 3.50. The molecule has 2 heteroatoms. The third-order valence-electron chi connectivity index (χ3n) is 1.94. The number of hydrogen-bond donors (Lipinski definition) is 0. The van der Waals surface area contributed by atoms with E-state index in [9.17, 15) is 4.79 Å². The summed E-state index contributed by atoms with van der Waals surface area (Å²) in [5.41, 5.74) is 0.952. The van der Waals surface area contributed by atoms with Crippen LogP contribution >= 0.6 is 0 Å². The Morgan fingerprint density at radius 1 is 1.38 bits per heavy atom. The highest BCUT2D eigenvalue weighted by Crippen LogP contribution is 2.03. The molecular weight excluding hydrogens is 162 g/mol. The molecule has 1 radical (unpaired) electrons. The van der Waals surface area contributed by atoms with E-state index in [1.165, 1.54) is 0 Å². The highest BCUT2D eigenvalue weighted by atomic mass is 16.2. The summed E-state index contributed by atoms with van der Waals surface area (Å²) in [6, 6.07) is 9.62. The van der Waals surface area contributed by atoms with Crippen molar-refractivity contribution >= 4 is 5.91 Å². The summed E-state index contributed by atoms with van der Waals surface area (Å²) in [5.74, 6) is 0.0497. The summed E-state index contributed by atoms with van der Waals surface area (Å²) in [4.78, 5) is 13.1. The van der Waals surface area contributed by atoms with E-state index in [0.29, 0.717) is 0 Å². The van der Waals surface area contributed by atoms with Gasteiger partial charge in [-0.25, -0.2) is 0 Å². The van der Waals surface area contributed by atoms with Crippen LogP contribution in [0.5, 0.6) is 0 Å². The van der Waals surface area contributed by atoms with Crippen molar-refractivity contribution in [3.05, 3.63) is 42.3 Å². The standard InChI is InChI=1S/C11H14NO/c1-3-12(2)11(13)9-10-7-5-4-6-8-10/h4-9H,3H2,1-2H3. The monoisotopic (exact) mass is 176 g/mol. The third-order valence-corrected chi connectivity index (χ3v) is 1.94. The number of nitrogens with zero attached hydrogens (tertiary/aromatic N) is 1. The van der Waals surface area contributed by atoms with Gasteiger partial charge >= 0.3 is 0 Å². The molecule has 13 heavy (non-hydrogen) atoms. The molecule has 1 rings (SSSR count). The predicted octanol–water partition coefficient (Wildman–Crippen LogP) is 1.72. The molecule has 0 heterocycles. The molecule has 0 unspecified atom stereocenters. The second kappa shape index (κ2) is 4.65. The first-order chi connectivity index (χ1) is 6.24. The van der Waals surface area contributed by atoms with Crippen LogP contribution in [0.4, 0.5) is 0 Å². The van der Waals surface area contributed by atoms with E-state index in [1.54, 1.807) is 18.4 Å². The smallest absolute Gasteiger partial charge is 0.231 e. The second-order valence-corrected chi connectivity index (χ2v) is 2.91. The lowest BCUT2D eigenvalue weighted by Gasteiger charge is -2.13. The van der Waals surface area contributed by atoms with Gasteiger partial charge in [-0.15, -0.1) is 0 Å². The number of carbonyl (C=O) groups excluding carboxylic acids is 1. The molecule has 0 fully saturated rings. The van der Waals surface area contributed by atoms with Crippen molar-refractivity contribution in [1.82, 2.24) is 4.90 Å². The van der Waals surface area contributed by atoms with Crippen LogP contribution in [0.1, 0.15) is 12.5 Å². The van der Waals surface area contributed by atoms with Crippen LogP contribution in [-0.2, 0) is 4.79 Å². The van der Waals surface area contributed by atoms with Crippen LogP contribution in [-0.4, -0.2) is 24.4 Å². The minimum Gasteiger partial charge on any atom is -0.345 e. The van der Waals surface area contributed by atoms with E-state index < -0.39 is 0 Å². The Morgan fingerprint density at radius 2 is 2.00 bits per heavy atom. The second-order valence-electron chi connectivity index (χ2n) is 2.91. The molecule has 0 saturated carbocycles. The molecule has 0 aliphatic rings. The zero-order valence-corrected chi connectivity index (χ0v) is 8.03. The molecule has 0 aromatic heterocycles. The van der Waals surface area contributed by atoms with E-state index in [2.05, 4.69) is 0 Å². The van der Waals surface area contributed by atoms with E-state index in [1.807, 2.05) is 37.3 Å². The van der Waals surface area contributed by atoms with Crippen molar-refractivity contribution in [2.45, 2.75) is 6.92 Å². The van der Waals surface area contributed by atoms with Crippen LogP contribution < -0.4 is 0 Å². The SMILES string of the molecule is CCN(C)C(=O)[CH]c1ccccc1. The molecule has 69 valence electrons. The Bertz CT molecular complexity index is 269. The summed E-state index contributed by atoms with van der Waals surface area (Å²) in [6.07, 6.45) is 1.64. The van der Waals surface area contributed by atoms with Crippen molar-refractivity contribution in [1.29, 1.82) is 0 Å². The number of likely N-dealkylation sites (N-methyl/N-ethyl adjacent to an activating group) is 1. The van der Waals surface area contributed by atoms with Gasteiger partial charge in [0.2, 0.25) is 5.91 Å². The molecule has 1 aromatic rings. The lowest BCUT2D eigenvalue weighted by Crippen LogP contribution is -2.26. The van der Waals surface area contributed by atoms with E-state index in [-0.39, 0.29) is 5.91 Å². The van der Waals surface area contributed by atoms with Gasteiger partial charge in [0.15, 0.2) is 0 Å². The average Bonchev–Trinajstić information content (AvgIpc) is 2.18. The third kappa shape index (κ3) is 2.90. The van der Waals surface area contributed by atoms with Crippen molar-refractivity contribution in [2.24, 2.45) is 0 Å². The summed E-state index contributed by atoms with van der Waals surface area (Å²) >= 11 is 0. The number of amides is 1. The van der Waals surface area contributed by atoms with Crippen LogP contribution in [0.25, 0.3) is 0 Å². The first-order valence-corrected chi connectivity index (χ1v) is 4.39. The van der Waals surface area contributed by atoms with Gasteiger partial charge in [0.1, 0.15) is 0 Å². The molecule has 0 bridgehead atoms. The first kappa shape index (κ1) is 9.78. The Morgan fingerprint density at radius 3 is 2.54 bits per heavy atom. The van der Waals surface area contributed by atoms with Gasteiger partial charge in [-0.1, -0.05) is 30.3 Å². The zero-order chi connectivity index (χ0) is 9.68. The van der Waals surface area contributed by atoms with Gasteiger partial charge in [0.25, 0.3) is 0 Å². The van der Waals surface area contributed by atoms with Crippen molar-refractivity contribution < 1.29 is 4.79 Å². The van der Waals surface area contributed by atoms with Gasteiger partial charge < -0.3 is 4.90 Å². The topological polar surface area (TPSA) is 20.3 Å². The molecule has 0 atom stereocenters. The quantitative estimate of drug-likeness (QED) is 0.686. The van der Waals surface area contributed by atoms with Gasteiger partial charge in [-0.3, -0.25) is 4.79 Å². The number of benzene rings is 1. The van der Waals surface area contributed by atoms with Gasteiger partial charge in [0, 0.05) is 13.6 Å². The number of rotatable bonds is 3. The molecule has 0 aliphatic carbocycles. The molecule has 2 nitrogen and oxygen atoms in total. The Labute approximate surface area is 79.2 Å². The van der Waals surface area contributed by atoms with Crippen molar-refractivity contribution in [3.63, 3.8) is 0 Å². The lowest BCUT2D eigenvalue weighted by molar-refractivity contribution is -0.125. The van der Waals surface area contributed by atoms with E-state index >= 15 is 0 Å². The average molecular weight is 176 g/mol. The zero-order valence-electron chi connectivity index (χ0n) is 8.03. The van der Waals surface area contributed by atoms with Gasteiger partial charge in [-0.05, 0) is 12.5 Å². The van der Waals surface area contributed by atoms with E-state index in [0.717, 1.165) is 12.1 Å². The fourth-order valence-electron chi connectivity index (χ4n) is 0.958. The molecule has 0 aliphatic heterocycles. The Balaban J connectivity index is 2.55. The highest BCUT2D eigenvalue weighted by Gasteiger charge is 2.06. The fraction of sp³-hybridized carbons (Fsp3) is 0.273. The number of carbonyl (C=O) groups is 1. The molecule has 0 saturated heterocycles. The first-order valence-electron chi connectivity index (χ1n) is 4.39. The molecule has 0 N–H and O–H groups in total.